The van der Waals surface area contributed by atoms with E-state index in [1.165, 1.54) is 5.56 Å². The van der Waals surface area contributed by atoms with Crippen LogP contribution < -0.4 is 10.6 Å². The Bertz CT molecular complexity index is 504. The first kappa shape index (κ1) is 14.1. The van der Waals surface area contributed by atoms with Crippen LogP contribution in [0.25, 0.3) is 0 Å². The van der Waals surface area contributed by atoms with Crippen LogP contribution in [-0.2, 0) is 13.0 Å². The zero-order valence-corrected chi connectivity index (χ0v) is 11.8. The summed E-state index contributed by atoms with van der Waals surface area (Å²) < 4.78 is 2.03. The lowest BCUT2D eigenvalue weighted by Gasteiger charge is -2.12. The lowest BCUT2D eigenvalue weighted by molar-refractivity contribution is 0.661. The highest BCUT2D eigenvalue weighted by Crippen LogP contribution is 1.97. The van der Waals surface area contributed by atoms with Crippen molar-refractivity contribution in [2.75, 3.05) is 20.1 Å². The van der Waals surface area contributed by atoms with Gasteiger partial charge in [-0.15, -0.1) is 0 Å². The van der Waals surface area contributed by atoms with Crippen molar-refractivity contribution < 1.29 is 0 Å². The summed E-state index contributed by atoms with van der Waals surface area (Å²) in [4.78, 5) is 8.22. The number of guanidine groups is 1. The quantitative estimate of drug-likeness (QED) is 0.615. The predicted molar refractivity (Wildman–Crippen MR) is 81.7 cm³/mol. The van der Waals surface area contributed by atoms with Gasteiger partial charge in [-0.1, -0.05) is 30.3 Å². The van der Waals surface area contributed by atoms with Crippen LogP contribution in [0.3, 0.4) is 0 Å². The maximum Gasteiger partial charge on any atom is 0.191 e. The molecule has 0 amide bonds. The summed E-state index contributed by atoms with van der Waals surface area (Å²) >= 11 is 0. The Hall–Kier alpha value is -2.30. The number of benzene rings is 1. The van der Waals surface area contributed by atoms with E-state index in [4.69, 9.17) is 0 Å². The van der Waals surface area contributed by atoms with Gasteiger partial charge >= 0.3 is 0 Å². The molecule has 1 aromatic heterocycles. The van der Waals surface area contributed by atoms with E-state index in [1.54, 1.807) is 13.2 Å². The van der Waals surface area contributed by atoms with E-state index < -0.39 is 0 Å². The standard InChI is InChI=1S/C15H21N5/c1-16-15(19-10-12-20-11-9-17-13-20)18-8-7-14-5-3-2-4-6-14/h2-6,9,11,13H,7-8,10,12H2,1H3,(H2,16,18,19). The van der Waals surface area contributed by atoms with Gasteiger partial charge in [-0.25, -0.2) is 4.98 Å². The third-order valence-electron chi connectivity index (χ3n) is 2.99. The van der Waals surface area contributed by atoms with E-state index in [2.05, 4.69) is 44.9 Å². The van der Waals surface area contributed by atoms with E-state index in [0.29, 0.717) is 0 Å². The molecule has 2 rings (SSSR count). The molecule has 0 aliphatic carbocycles. The Kier molecular flexibility index (Phi) is 5.64. The molecule has 0 radical (unpaired) electrons. The van der Waals surface area contributed by atoms with E-state index in [1.807, 2.05) is 23.2 Å². The van der Waals surface area contributed by atoms with Crippen molar-refractivity contribution in [3.8, 4) is 0 Å². The number of nitrogens with one attached hydrogen (secondary N) is 2. The molecule has 0 unspecified atom stereocenters. The van der Waals surface area contributed by atoms with Crippen molar-refractivity contribution in [2.45, 2.75) is 13.0 Å². The van der Waals surface area contributed by atoms with Crippen LogP contribution in [0.15, 0.2) is 54.0 Å². The highest BCUT2D eigenvalue weighted by atomic mass is 15.2. The normalized spacial score (nSPS) is 11.3. The van der Waals surface area contributed by atoms with Crippen molar-refractivity contribution in [2.24, 2.45) is 4.99 Å². The largest absolute Gasteiger partial charge is 0.356 e. The highest BCUT2D eigenvalue weighted by Gasteiger charge is 1.97. The van der Waals surface area contributed by atoms with Crippen LogP contribution in [0.1, 0.15) is 5.56 Å². The maximum atomic E-state index is 4.21. The average molecular weight is 271 g/mol. The van der Waals surface area contributed by atoms with Crippen LogP contribution in [0.5, 0.6) is 0 Å². The summed E-state index contributed by atoms with van der Waals surface area (Å²) in [5.41, 5.74) is 1.33. The second-order valence-electron chi connectivity index (χ2n) is 4.46. The lowest BCUT2D eigenvalue weighted by atomic mass is 10.1. The SMILES string of the molecule is CN=C(NCCc1ccccc1)NCCn1ccnc1. The lowest BCUT2D eigenvalue weighted by Crippen LogP contribution is -2.39. The van der Waals surface area contributed by atoms with Gasteiger partial charge in [0.25, 0.3) is 0 Å². The van der Waals surface area contributed by atoms with Crippen LogP contribution in [-0.4, -0.2) is 35.6 Å². The highest BCUT2D eigenvalue weighted by molar-refractivity contribution is 5.79. The molecule has 5 heteroatoms. The van der Waals surface area contributed by atoms with Gasteiger partial charge in [-0.3, -0.25) is 4.99 Å². The minimum absolute atomic E-state index is 0.821. The van der Waals surface area contributed by atoms with Gasteiger partial charge in [0, 0.05) is 39.1 Å². The van der Waals surface area contributed by atoms with Crippen LogP contribution in [0.2, 0.25) is 0 Å². The van der Waals surface area contributed by atoms with Gasteiger partial charge in [-0.05, 0) is 12.0 Å². The molecule has 0 bridgehead atoms. The second kappa shape index (κ2) is 7.99. The van der Waals surface area contributed by atoms with Crippen LogP contribution in [0, 0.1) is 0 Å². The Morgan fingerprint density at radius 3 is 2.70 bits per heavy atom. The van der Waals surface area contributed by atoms with Gasteiger partial charge in [0.2, 0.25) is 0 Å². The van der Waals surface area contributed by atoms with Crippen molar-refractivity contribution in [3.05, 3.63) is 54.6 Å². The zero-order valence-electron chi connectivity index (χ0n) is 11.8. The molecule has 20 heavy (non-hydrogen) atoms. The van der Waals surface area contributed by atoms with E-state index in [-0.39, 0.29) is 0 Å². The van der Waals surface area contributed by atoms with Crippen molar-refractivity contribution in [3.63, 3.8) is 0 Å². The molecule has 1 heterocycles. The Morgan fingerprint density at radius 2 is 2.00 bits per heavy atom. The summed E-state index contributed by atoms with van der Waals surface area (Å²) in [7, 11) is 1.79. The fourth-order valence-corrected chi connectivity index (χ4v) is 1.91. The molecule has 2 aromatic rings. The molecule has 0 atom stereocenters. The summed E-state index contributed by atoms with van der Waals surface area (Å²) in [5.74, 6) is 0.834. The summed E-state index contributed by atoms with van der Waals surface area (Å²) in [5, 5.41) is 6.60. The van der Waals surface area contributed by atoms with Gasteiger partial charge < -0.3 is 15.2 Å². The van der Waals surface area contributed by atoms with Gasteiger partial charge in [0.15, 0.2) is 5.96 Å². The number of rotatable bonds is 6. The fraction of sp³-hybridized carbons (Fsp3) is 0.333. The van der Waals surface area contributed by atoms with Gasteiger partial charge in [0.05, 0.1) is 6.33 Å². The Balaban J connectivity index is 1.65. The third-order valence-corrected chi connectivity index (χ3v) is 2.99. The topological polar surface area (TPSA) is 54.2 Å². The minimum Gasteiger partial charge on any atom is -0.356 e. The minimum atomic E-state index is 0.821. The Labute approximate surface area is 119 Å². The Morgan fingerprint density at radius 1 is 1.20 bits per heavy atom. The molecule has 2 N–H and O–H groups in total. The molecular formula is C15H21N5. The second-order valence-corrected chi connectivity index (χ2v) is 4.46. The van der Waals surface area contributed by atoms with Crippen molar-refractivity contribution in [1.29, 1.82) is 0 Å². The number of hydrogen-bond acceptors (Lipinski definition) is 2. The fourth-order valence-electron chi connectivity index (χ4n) is 1.91. The predicted octanol–water partition coefficient (Wildman–Crippen LogP) is 1.29. The van der Waals surface area contributed by atoms with E-state index in [0.717, 1.165) is 32.0 Å². The van der Waals surface area contributed by atoms with E-state index >= 15 is 0 Å². The maximum absolute atomic E-state index is 4.21. The number of aliphatic imine (C=N–C) groups is 1. The number of nitrogens with zero attached hydrogens (tertiary/aromatic N) is 3. The monoisotopic (exact) mass is 271 g/mol. The molecule has 0 saturated carbocycles. The number of hydrogen-bond donors (Lipinski definition) is 2. The number of imidazole rings is 1. The molecule has 0 fully saturated rings. The molecule has 1 aromatic carbocycles. The van der Waals surface area contributed by atoms with Crippen LogP contribution >= 0.6 is 0 Å². The van der Waals surface area contributed by atoms with Gasteiger partial charge in [0.1, 0.15) is 0 Å². The first-order chi connectivity index (χ1) is 9.88. The van der Waals surface area contributed by atoms with Crippen molar-refractivity contribution in [1.82, 2.24) is 20.2 Å². The number of aromatic nitrogens is 2. The third kappa shape index (κ3) is 4.76. The zero-order chi connectivity index (χ0) is 14.0. The molecule has 0 saturated heterocycles. The van der Waals surface area contributed by atoms with Gasteiger partial charge in [-0.2, -0.15) is 0 Å². The molecule has 0 aliphatic heterocycles. The van der Waals surface area contributed by atoms with E-state index in [9.17, 15) is 0 Å². The first-order valence-corrected chi connectivity index (χ1v) is 6.82. The summed E-state index contributed by atoms with van der Waals surface area (Å²) in [6.07, 6.45) is 6.54. The molecule has 0 spiro atoms. The molecule has 106 valence electrons. The average Bonchev–Trinajstić information content (AvgIpc) is 3.00. The molecule has 0 aliphatic rings. The molecule has 5 nitrogen and oxygen atoms in total. The van der Waals surface area contributed by atoms with Crippen LogP contribution in [0.4, 0.5) is 0 Å². The first-order valence-electron chi connectivity index (χ1n) is 6.82. The smallest absolute Gasteiger partial charge is 0.191 e. The van der Waals surface area contributed by atoms with Crippen molar-refractivity contribution >= 4 is 5.96 Å². The summed E-state index contributed by atoms with van der Waals surface area (Å²) in [6, 6.07) is 10.4. The summed E-state index contributed by atoms with van der Waals surface area (Å²) in [6.45, 7) is 2.56. The molecular weight excluding hydrogens is 250 g/mol.